The summed E-state index contributed by atoms with van der Waals surface area (Å²) < 4.78 is 0.921. The Morgan fingerprint density at radius 1 is 1.38 bits per heavy atom. The molecule has 0 aliphatic heterocycles. The average Bonchev–Trinajstić information content (AvgIpc) is 2.70. The summed E-state index contributed by atoms with van der Waals surface area (Å²) >= 11 is 3.29. The monoisotopic (exact) mass is 283 g/mol. The molecule has 0 aliphatic carbocycles. The highest BCUT2D eigenvalue weighted by Gasteiger charge is 2.08. The highest BCUT2D eigenvalue weighted by Crippen LogP contribution is 2.16. The number of aromatic nitrogens is 3. The fraction of sp³-hybridized carbons (Fsp3) is 0. The van der Waals surface area contributed by atoms with Gasteiger partial charge in [0.15, 0.2) is 11.4 Å². The topological polar surface area (TPSA) is 77.2 Å². The molecule has 0 bridgehead atoms. The van der Waals surface area contributed by atoms with Crippen molar-refractivity contribution < 1.29 is 14.7 Å². The quantitative estimate of drug-likeness (QED) is 0.925. The third-order valence-electron chi connectivity index (χ3n) is 1.71. The Labute approximate surface area is 98.5 Å². The van der Waals surface area contributed by atoms with Crippen LogP contribution in [0, 0.1) is 0 Å². The van der Waals surface area contributed by atoms with E-state index in [1.807, 2.05) is 0 Å². The lowest BCUT2D eigenvalue weighted by Crippen LogP contribution is -2.05. The van der Waals surface area contributed by atoms with E-state index in [1.165, 1.54) is 6.20 Å². The molecule has 1 aromatic heterocycles. The normalized spacial score (nSPS) is 10.1. The summed E-state index contributed by atoms with van der Waals surface area (Å²) in [5.41, 5.74) is -0.169. The fourth-order valence-electron chi connectivity index (χ4n) is 0.995. The molecule has 0 saturated carbocycles. The molecule has 82 valence electrons. The Hall–Kier alpha value is -1.89. The lowest BCUT2D eigenvalue weighted by atomic mass is 10.3. The van der Waals surface area contributed by atoms with Crippen LogP contribution in [0.1, 0.15) is 10.5 Å². The average molecular weight is 284 g/mol. The van der Waals surface area contributed by atoms with Gasteiger partial charge >= 0.3 is 5.97 Å². The van der Waals surface area contributed by atoms with Crippen LogP contribution in [0.5, 0.6) is 5.75 Å². The molecule has 0 spiro atoms. The number of benzene rings is 1. The lowest BCUT2D eigenvalue weighted by Gasteiger charge is -2.02. The van der Waals surface area contributed by atoms with Crippen molar-refractivity contribution >= 4 is 21.9 Å². The van der Waals surface area contributed by atoms with E-state index in [0.717, 1.165) is 9.32 Å². The standard InChI is InChI=1S/C9H6BrN3O3/c10-6-1-3-7(4-2-6)16-13-5-8(9(14)15)11-12-13/h1-5H,(H,14,15). The van der Waals surface area contributed by atoms with Gasteiger partial charge in [-0.2, -0.15) is 0 Å². The highest BCUT2D eigenvalue weighted by molar-refractivity contribution is 9.10. The Bertz CT molecular complexity index is 509. The summed E-state index contributed by atoms with van der Waals surface area (Å²) in [6, 6.07) is 7.02. The zero-order valence-corrected chi connectivity index (χ0v) is 9.46. The minimum absolute atomic E-state index is 0.169. The van der Waals surface area contributed by atoms with Gasteiger partial charge in [-0.15, -0.1) is 5.10 Å². The molecule has 0 atom stereocenters. The molecule has 0 radical (unpaired) electrons. The highest BCUT2D eigenvalue weighted by atomic mass is 79.9. The summed E-state index contributed by atoms with van der Waals surface area (Å²) in [5, 5.41) is 15.5. The molecule has 1 heterocycles. The Kier molecular flexibility index (Phi) is 2.86. The van der Waals surface area contributed by atoms with Crippen LogP contribution in [0.4, 0.5) is 0 Å². The van der Waals surface area contributed by atoms with Crippen molar-refractivity contribution in [2.75, 3.05) is 0 Å². The third kappa shape index (κ3) is 2.37. The predicted molar refractivity (Wildman–Crippen MR) is 57.1 cm³/mol. The molecule has 1 N–H and O–H groups in total. The molecule has 7 heteroatoms. The zero-order valence-electron chi connectivity index (χ0n) is 7.87. The second kappa shape index (κ2) is 4.31. The second-order valence-corrected chi connectivity index (χ2v) is 3.77. The van der Waals surface area contributed by atoms with Crippen molar-refractivity contribution in [3.05, 3.63) is 40.6 Å². The second-order valence-electron chi connectivity index (χ2n) is 2.86. The van der Waals surface area contributed by atoms with E-state index in [4.69, 9.17) is 9.94 Å². The van der Waals surface area contributed by atoms with E-state index in [0.29, 0.717) is 5.75 Å². The minimum Gasteiger partial charge on any atom is -0.476 e. The first-order chi connectivity index (χ1) is 7.65. The molecule has 6 nitrogen and oxygen atoms in total. The van der Waals surface area contributed by atoms with Crippen LogP contribution in [-0.4, -0.2) is 26.2 Å². The summed E-state index contributed by atoms with van der Waals surface area (Å²) in [6.07, 6.45) is 1.18. The first kappa shape index (κ1) is 10.6. The van der Waals surface area contributed by atoms with Gasteiger partial charge in [-0.25, -0.2) is 4.79 Å². The SMILES string of the molecule is O=C(O)c1cn(Oc2ccc(Br)cc2)nn1. The Balaban J connectivity index is 2.14. The maximum atomic E-state index is 10.5. The third-order valence-corrected chi connectivity index (χ3v) is 2.23. The van der Waals surface area contributed by atoms with Gasteiger partial charge in [0.25, 0.3) is 0 Å². The van der Waals surface area contributed by atoms with E-state index in [-0.39, 0.29) is 5.69 Å². The maximum Gasteiger partial charge on any atom is 0.358 e. The number of hydrogen-bond acceptors (Lipinski definition) is 4. The molecule has 0 saturated heterocycles. The van der Waals surface area contributed by atoms with E-state index >= 15 is 0 Å². The first-order valence-corrected chi connectivity index (χ1v) is 5.04. The molecule has 1 aromatic carbocycles. The molecule has 2 aromatic rings. The Morgan fingerprint density at radius 2 is 2.06 bits per heavy atom. The van der Waals surface area contributed by atoms with E-state index in [1.54, 1.807) is 24.3 Å². The van der Waals surface area contributed by atoms with Crippen LogP contribution in [0.15, 0.2) is 34.9 Å². The number of carboxylic acid groups (broad SMARTS) is 1. The number of halogens is 1. The lowest BCUT2D eigenvalue weighted by molar-refractivity contribution is 0.0690. The van der Waals surface area contributed by atoms with Crippen molar-refractivity contribution in [2.24, 2.45) is 0 Å². The van der Waals surface area contributed by atoms with Crippen molar-refractivity contribution in [1.82, 2.24) is 15.2 Å². The largest absolute Gasteiger partial charge is 0.476 e. The van der Waals surface area contributed by atoms with Crippen LogP contribution in [0.2, 0.25) is 0 Å². The minimum atomic E-state index is -1.15. The molecule has 0 unspecified atom stereocenters. The maximum absolute atomic E-state index is 10.5. The summed E-state index contributed by atoms with van der Waals surface area (Å²) in [5.74, 6) is -0.615. The van der Waals surface area contributed by atoms with E-state index in [9.17, 15) is 4.79 Å². The number of nitrogens with zero attached hydrogens (tertiary/aromatic N) is 3. The van der Waals surface area contributed by atoms with Crippen LogP contribution in [0.3, 0.4) is 0 Å². The Morgan fingerprint density at radius 3 is 2.62 bits per heavy atom. The van der Waals surface area contributed by atoms with Crippen LogP contribution in [-0.2, 0) is 0 Å². The van der Waals surface area contributed by atoms with Gasteiger partial charge in [-0.1, -0.05) is 20.8 Å². The van der Waals surface area contributed by atoms with Crippen molar-refractivity contribution in [2.45, 2.75) is 0 Å². The molecule has 2 rings (SSSR count). The van der Waals surface area contributed by atoms with Crippen LogP contribution < -0.4 is 4.84 Å². The van der Waals surface area contributed by atoms with Gasteiger partial charge in [-0.3, -0.25) is 0 Å². The zero-order chi connectivity index (χ0) is 11.5. The number of rotatable bonds is 3. The molecular formula is C9H6BrN3O3. The van der Waals surface area contributed by atoms with Crippen LogP contribution >= 0.6 is 15.9 Å². The fourth-order valence-corrected chi connectivity index (χ4v) is 1.26. The van der Waals surface area contributed by atoms with Gasteiger partial charge in [0.05, 0.1) is 0 Å². The number of hydrogen-bond donors (Lipinski definition) is 1. The molecule has 0 fully saturated rings. The first-order valence-electron chi connectivity index (χ1n) is 4.25. The van der Waals surface area contributed by atoms with E-state index < -0.39 is 5.97 Å². The molecule has 0 amide bonds. The van der Waals surface area contributed by atoms with Crippen LogP contribution in [0.25, 0.3) is 0 Å². The predicted octanol–water partition coefficient (Wildman–Crippen LogP) is 1.58. The van der Waals surface area contributed by atoms with Gasteiger partial charge in [0.2, 0.25) is 0 Å². The number of carboxylic acids is 1. The summed E-state index contributed by atoms with van der Waals surface area (Å²) in [4.78, 5) is 16.7. The molecule has 0 aliphatic rings. The van der Waals surface area contributed by atoms with Gasteiger partial charge in [0, 0.05) is 4.47 Å². The van der Waals surface area contributed by atoms with E-state index in [2.05, 4.69) is 26.2 Å². The van der Waals surface area contributed by atoms with Gasteiger partial charge < -0.3 is 9.94 Å². The van der Waals surface area contributed by atoms with Crippen molar-refractivity contribution in [1.29, 1.82) is 0 Å². The van der Waals surface area contributed by atoms with Gasteiger partial charge in [-0.05, 0) is 29.5 Å². The number of carbonyl (C=O) groups is 1. The van der Waals surface area contributed by atoms with Gasteiger partial charge in [0.1, 0.15) is 6.20 Å². The summed E-state index contributed by atoms with van der Waals surface area (Å²) in [6.45, 7) is 0. The number of aromatic carboxylic acids is 1. The molecular weight excluding hydrogens is 278 g/mol. The molecule has 16 heavy (non-hydrogen) atoms. The summed E-state index contributed by atoms with van der Waals surface area (Å²) in [7, 11) is 0. The smallest absolute Gasteiger partial charge is 0.358 e. The van der Waals surface area contributed by atoms with Crippen molar-refractivity contribution in [3.63, 3.8) is 0 Å². The van der Waals surface area contributed by atoms with Crippen molar-refractivity contribution in [3.8, 4) is 5.75 Å².